The molecule has 2 heterocycles. The number of nitrogens with zero attached hydrogens (tertiary/aromatic N) is 3. The minimum Gasteiger partial charge on any atom is -0.497 e. The van der Waals surface area contributed by atoms with Crippen molar-refractivity contribution in [3.05, 3.63) is 71.5 Å². The Morgan fingerprint density at radius 1 is 1.19 bits per heavy atom. The molecule has 1 saturated heterocycles. The molecule has 3 aromatic rings. The average Bonchev–Trinajstić information content (AvgIpc) is 3.47. The number of thioether (sulfide) groups is 1. The van der Waals surface area contributed by atoms with Crippen LogP contribution in [0.3, 0.4) is 0 Å². The van der Waals surface area contributed by atoms with E-state index in [1.54, 1.807) is 43.1 Å². The summed E-state index contributed by atoms with van der Waals surface area (Å²) < 4.78 is 13.0. The van der Waals surface area contributed by atoms with Crippen molar-refractivity contribution in [3.63, 3.8) is 0 Å². The molecule has 1 aromatic heterocycles. The van der Waals surface area contributed by atoms with Gasteiger partial charge in [-0.25, -0.2) is 0 Å². The molecule has 2 aromatic carbocycles. The van der Waals surface area contributed by atoms with E-state index in [1.807, 2.05) is 18.2 Å². The predicted octanol–water partition coefficient (Wildman–Crippen LogP) is 3.54. The zero-order valence-electron chi connectivity index (χ0n) is 17.5. The molecular formula is C23H26N4O3S. The minimum atomic E-state index is -0.162. The molecule has 162 valence electrons. The van der Waals surface area contributed by atoms with Crippen LogP contribution >= 0.6 is 11.8 Å². The van der Waals surface area contributed by atoms with Gasteiger partial charge in [-0.2, -0.15) is 0 Å². The Labute approximate surface area is 186 Å². The maximum Gasteiger partial charge on any atom is 0.251 e. The van der Waals surface area contributed by atoms with Crippen LogP contribution in [0.2, 0.25) is 0 Å². The van der Waals surface area contributed by atoms with E-state index in [0.717, 1.165) is 41.7 Å². The zero-order chi connectivity index (χ0) is 21.5. The van der Waals surface area contributed by atoms with Crippen LogP contribution in [0.1, 0.15) is 34.6 Å². The lowest BCUT2D eigenvalue weighted by atomic mass is 10.2. The van der Waals surface area contributed by atoms with Gasteiger partial charge in [-0.05, 0) is 42.7 Å². The molecule has 4 rings (SSSR count). The van der Waals surface area contributed by atoms with E-state index in [2.05, 4.69) is 32.2 Å². The molecule has 7 nitrogen and oxygen atoms in total. The lowest BCUT2D eigenvalue weighted by Gasteiger charge is -2.13. The Bertz CT molecular complexity index is 986. The van der Waals surface area contributed by atoms with Crippen LogP contribution in [0.25, 0.3) is 0 Å². The van der Waals surface area contributed by atoms with E-state index < -0.39 is 0 Å². The number of methoxy groups -OCH3 is 1. The monoisotopic (exact) mass is 438 g/mol. The van der Waals surface area contributed by atoms with Crippen LogP contribution in [-0.2, 0) is 17.8 Å². The number of amides is 1. The Morgan fingerprint density at radius 3 is 2.71 bits per heavy atom. The maximum absolute atomic E-state index is 12.6. The fourth-order valence-electron chi connectivity index (χ4n) is 3.43. The second kappa shape index (κ2) is 10.5. The van der Waals surface area contributed by atoms with Gasteiger partial charge >= 0.3 is 0 Å². The molecule has 0 aliphatic carbocycles. The molecule has 1 amide bonds. The summed E-state index contributed by atoms with van der Waals surface area (Å²) in [4.78, 5) is 12.6. The number of rotatable bonds is 9. The van der Waals surface area contributed by atoms with E-state index in [0.29, 0.717) is 24.4 Å². The number of carbonyl (C=O) groups is 1. The predicted molar refractivity (Wildman–Crippen MR) is 119 cm³/mol. The van der Waals surface area contributed by atoms with Gasteiger partial charge in [-0.15, -0.1) is 10.2 Å². The van der Waals surface area contributed by atoms with Gasteiger partial charge in [0, 0.05) is 17.9 Å². The lowest BCUT2D eigenvalue weighted by molar-refractivity contribution is 0.0949. The van der Waals surface area contributed by atoms with Gasteiger partial charge in [0.15, 0.2) is 11.0 Å². The number of nitrogens with one attached hydrogen (secondary N) is 1. The van der Waals surface area contributed by atoms with Crippen molar-refractivity contribution in [2.45, 2.75) is 37.2 Å². The Balaban J connectivity index is 1.46. The summed E-state index contributed by atoms with van der Waals surface area (Å²) in [5.74, 6) is 2.13. The Hall–Kier alpha value is -2.84. The fraction of sp³-hybridized carbons (Fsp3) is 0.348. The summed E-state index contributed by atoms with van der Waals surface area (Å²) in [6.45, 7) is 1.78. The molecule has 1 atom stereocenters. The van der Waals surface area contributed by atoms with E-state index in [4.69, 9.17) is 9.47 Å². The number of aromatic nitrogens is 3. The first-order valence-corrected chi connectivity index (χ1v) is 11.3. The number of ether oxygens (including phenoxy) is 2. The highest BCUT2D eigenvalue weighted by atomic mass is 32.2. The molecule has 1 aliphatic heterocycles. The normalized spacial score (nSPS) is 15.7. The summed E-state index contributed by atoms with van der Waals surface area (Å²) in [7, 11) is 1.60. The molecule has 0 radical (unpaired) electrons. The molecular weight excluding hydrogens is 412 g/mol. The molecule has 1 unspecified atom stereocenters. The molecule has 8 heteroatoms. The van der Waals surface area contributed by atoms with Crippen LogP contribution in [0.4, 0.5) is 0 Å². The third-order valence-electron chi connectivity index (χ3n) is 5.16. The SMILES string of the molecule is COc1ccc(C(=O)NCc2nnc(SCC3CCCO3)n2Cc2ccccc2)cc1. The van der Waals surface area contributed by atoms with Gasteiger partial charge in [-0.1, -0.05) is 42.1 Å². The number of carbonyl (C=O) groups excluding carboxylic acids is 1. The van der Waals surface area contributed by atoms with Crippen molar-refractivity contribution in [2.75, 3.05) is 19.5 Å². The molecule has 1 aliphatic rings. The Morgan fingerprint density at radius 2 is 2.00 bits per heavy atom. The van der Waals surface area contributed by atoms with Crippen LogP contribution in [0.15, 0.2) is 59.8 Å². The number of hydrogen-bond donors (Lipinski definition) is 1. The van der Waals surface area contributed by atoms with E-state index >= 15 is 0 Å². The first kappa shape index (κ1) is 21.4. The van der Waals surface area contributed by atoms with Crippen LogP contribution in [0.5, 0.6) is 5.75 Å². The van der Waals surface area contributed by atoms with Crippen LogP contribution in [0, 0.1) is 0 Å². The van der Waals surface area contributed by atoms with Gasteiger partial charge < -0.3 is 19.4 Å². The van der Waals surface area contributed by atoms with Gasteiger partial charge in [0.2, 0.25) is 0 Å². The smallest absolute Gasteiger partial charge is 0.251 e. The third-order valence-corrected chi connectivity index (χ3v) is 6.26. The van der Waals surface area contributed by atoms with Gasteiger partial charge in [-0.3, -0.25) is 4.79 Å². The maximum atomic E-state index is 12.6. The van der Waals surface area contributed by atoms with E-state index in [9.17, 15) is 4.79 Å². The highest BCUT2D eigenvalue weighted by molar-refractivity contribution is 7.99. The topological polar surface area (TPSA) is 78.3 Å². The summed E-state index contributed by atoms with van der Waals surface area (Å²) >= 11 is 1.66. The van der Waals surface area contributed by atoms with E-state index in [1.165, 1.54) is 0 Å². The third kappa shape index (κ3) is 5.65. The fourth-order valence-corrected chi connectivity index (χ4v) is 4.45. The largest absolute Gasteiger partial charge is 0.497 e. The first-order valence-electron chi connectivity index (χ1n) is 10.4. The van der Waals surface area contributed by atoms with Crippen molar-refractivity contribution in [1.29, 1.82) is 0 Å². The summed E-state index contributed by atoms with van der Waals surface area (Å²) in [6, 6.07) is 17.2. The molecule has 31 heavy (non-hydrogen) atoms. The van der Waals surface area contributed by atoms with Gasteiger partial charge in [0.1, 0.15) is 5.75 Å². The highest BCUT2D eigenvalue weighted by Gasteiger charge is 2.19. The van der Waals surface area contributed by atoms with Crippen molar-refractivity contribution < 1.29 is 14.3 Å². The zero-order valence-corrected chi connectivity index (χ0v) is 18.3. The standard InChI is InChI=1S/C23H26N4O3S/c1-29-19-11-9-18(10-12-19)22(28)24-14-21-25-26-23(31-16-20-8-5-13-30-20)27(21)15-17-6-3-2-4-7-17/h2-4,6-7,9-12,20H,5,8,13-16H2,1H3,(H,24,28). The summed E-state index contributed by atoms with van der Waals surface area (Å²) in [6.07, 6.45) is 2.47. The minimum absolute atomic E-state index is 0.162. The van der Waals surface area contributed by atoms with Crippen LogP contribution in [-0.4, -0.2) is 46.2 Å². The molecule has 0 saturated carbocycles. The Kier molecular flexibility index (Phi) is 7.22. The average molecular weight is 439 g/mol. The van der Waals surface area contributed by atoms with Crippen molar-refractivity contribution >= 4 is 17.7 Å². The van der Waals surface area contributed by atoms with Crippen LogP contribution < -0.4 is 10.1 Å². The highest BCUT2D eigenvalue weighted by Crippen LogP contribution is 2.24. The lowest BCUT2D eigenvalue weighted by Crippen LogP contribution is -2.25. The van der Waals surface area contributed by atoms with Gasteiger partial charge in [0.05, 0.1) is 26.3 Å². The molecule has 0 bridgehead atoms. The molecule has 1 fully saturated rings. The van der Waals surface area contributed by atoms with E-state index in [-0.39, 0.29) is 12.0 Å². The van der Waals surface area contributed by atoms with Crippen molar-refractivity contribution in [2.24, 2.45) is 0 Å². The van der Waals surface area contributed by atoms with Crippen molar-refractivity contribution in [1.82, 2.24) is 20.1 Å². The summed E-state index contributed by atoms with van der Waals surface area (Å²) in [5, 5.41) is 12.6. The first-order chi connectivity index (χ1) is 15.2. The molecule has 1 N–H and O–H groups in total. The number of benzene rings is 2. The van der Waals surface area contributed by atoms with Crippen molar-refractivity contribution in [3.8, 4) is 5.75 Å². The summed E-state index contributed by atoms with van der Waals surface area (Å²) in [5.41, 5.74) is 1.73. The second-order valence-electron chi connectivity index (χ2n) is 7.33. The number of hydrogen-bond acceptors (Lipinski definition) is 6. The quantitative estimate of drug-likeness (QED) is 0.515. The second-order valence-corrected chi connectivity index (χ2v) is 8.31. The molecule has 0 spiro atoms. The van der Waals surface area contributed by atoms with Gasteiger partial charge in [0.25, 0.3) is 5.91 Å².